The van der Waals surface area contributed by atoms with Crippen LogP contribution in [-0.4, -0.2) is 12.2 Å². The number of halogens is 1. The Kier molecular flexibility index (Phi) is 3.80. The molecule has 0 radical (unpaired) electrons. The summed E-state index contributed by atoms with van der Waals surface area (Å²) in [6, 6.07) is 4.40. The van der Waals surface area contributed by atoms with Crippen LogP contribution in [0.25, 0.3) is 5.76 Å². The van der Waals surface area contributed by atoms with E-state index in [4.69, 9.17) is 17.0 Å². The third kappa shape index (κ3) is 3.02. The number of nitrogens with one attached hydrogen (secondary N) is 1. The molecule has 0 unspecified atom stereocenters. The van der Waals surface area contributed by atoms with Gasteiger partial charge in [0.1, 0.15) is 11.6 Å². The van der Waals surface area contributed by atoms with Gasteiger partial charge in [0.25, 0.3) is 5.17 Å². The lowest BCUT2D eigenvalue weighted by Crippen LogP contribution is -2.18. The highest BCUT2D eigenvalue weighted by molar-refractivity contribution is 7.80. The first kappa shape index (κ1) is 11.7. The SMILES string of the molecule is C=C(OC(=S)NC)c1ccc(F)cc1C. The number of rotatable bonds is 2. The minimum atomic E-state index is -0.278. The zero-order valence-corrected chi connectivity index (χ0v) is 9.45. The largest absolute Gasteiger partial charge is 0.432 e. The fourth-order valence-electron chi connectivity index (χ4n) is 1.16. The van der Waals surface area contributed by atoms with Crippen molar-refractivity contribution in [2.45, 2.75) is 6.92 Å². The molecule has 80 valence electrons. The van der Waals surface area contributed by atoms with Crippen LogP contribution in [0.4, 0.5) is 4.39 Å². The predicted molar refractivity (Wildman–Crippen MR) is 62.9 cm³/mol. The molecule has 15 heavy (non-hydrogen) atoms. The van der Waals surface area contributed by atoms with Crippen LogP contribution in [0, 0.1) is 12.7 Å². The highest BCUT2D eigenvalue weighted by Crippen LogP contribution is 2.19. The maximum atomic E-state index is 12.8. The van der Waals surface area contributed by atoms with Gasteiger partial charge in [-0.05, 0) is 42.9 Å². The molecule has 2 nitrogen and oxygen atoms in total. The number of thiocarbonyl (C=S) groups is 1. The monoisotopic (exact) mass is 225 g/mol. The van der Waals surface area contributed by atoms with Gasteiger partial charge in [0.2, 0.25) is 0 Å². The molecule has 0 heterocycles. The summed E-state index contributed by atoms with van der Waals surface area (Å²) in [6.07, 6.45) is 0. The van der Waals surface area contributed by atoms with Gasteiger partial charge >= 0.3 is 0 Å². The standard InChI is InChI=1S/C11H12FNOS/c1-7-6-9(12)4-5-10(7)8(2)14-11(15)13-3/h4-6H,2H2,1,3H3,(H,13,15). The fourth-order valence-corrected chi connectivity index (χ4v) is 1.26. The van der Waals surface area contributed by atoms with Crippen molar-refractivity contribution in [3.63, 3.8) is 0 Å². The molecule has 0 atom stereocenters. The number of hydrogen-bond donors (Lipinski definition) is 1. The van der Waals surface area contributed by atoms with E-state index in [0.29, 0.717) is 5.76 Å². The zero-order chi connectivity index (χ0) is 11.4. The van der Waals surface area contributed by atoms with Crippen LogP contribution in [0.1, 0.15) is 11.1 Å². The van der Waals surface area contributed by atoms with Crippen molar-refractivity contribution in [2.75, 3.05) is 7.05 Å². The van der Waals surface area contributed by atoms with Gasteiger partial charge in [0, 0.05) is 12.6 Å². The van der Waals surface area contributed by atoms with Gasteiger partial charge in [-0.25, -0.2) is 4.39 Å². The maximum Gasteiger partial charge on any atom is 0.261 e. The van der Waals surface area contributed by atoms with Crippen LogP contribution in [0.15, 0.2) is 24.8 Å². The summed E-state index contributed by atoms with van der Waals surface area (Å²) in [6.45, 7) is 5.52. The molecule has 0 aromatic heterocycles. The molecular weight excluding hydrogens is 213 g/mol. The zero-order valence-electron chi connectivity index (χ0n) is 8.63. The summed E-state index contributed by atoms with van der Waals surface area (Å²) in [4.78, 5) is 0. The Labute approximate surface area is 93.8 Å². The van der Waals surface area contributed by atoms with Crippen LogP contribution in [0.2, 0.25) is 0 Å². The topological polar surface area (TPSA) is 21.3 Å². The van der Waals surface area contributed by atoms with Crippen molar-refractivity contribution in [3.05, 3.63) is 41.7 Å². The Morgan fingerprint density at radius 3 is 2.73 bits per heavy atom. The molecule has 0 bridgehead atoms. The summed E-state index contributed by atoms with van der Waals surface area (Å²) in [5, 5.41) is 2.91. The van der Waals surface area contributed by atoms with Crippen molar-refractivity contribution in [1.29, 1.82) is 0 Å². The van der Waals surface area contributed by atoms with Gasteiger partial charge in [-0.2, -0.15) is 0 Å². The molecule has 1 rings (SSSR count). The van der Waals surface area contributed by atoms with Gasteiger partial charge in [-0.1, -0.05) is 6.58 Å². The lowest BCUT2D eigenvalue weighted by molar-refractivity contribution is 0.500. The Hall–Kier alpha value is -1.42. The average molecular weight is 225 g/mol. The molecular formula is C11H12FNOS. The molecule has 0 aliphatic carbocycles. The van der Waals surface area contributed by atoms with E-state index >= 15 is 0 Å². The second-order valence-electron chi connectivity index (χ2n) is 3.02. The highest BCUT2D eigenvalue weighted by atomic mass is 32.1. The molecule has 0 aliphatic heterocycles. The Bertz CT molecular complexity index is 404. The molecule has 1 N–H and O–H groups in total. The Balaban J connectivity index is 2.87. The number of aryl methyl sites for hydroxylation is 1. The van der Waals surface area contributed by atoms with Gasteiger partial charge in [0.15, 0.2) is 0 Å². The summed E-state index contributed by atoms with van der Waals surface area (Å²) in [5.41, 5.74) is 1.51. The highest BCUT2D eigenvalue weighted by Gasteiger charge is 2.06. The summed E-state index contributed by atoms with van der Waals surface area (Å²) < 4.78 is 18.0. The van der Waals surface area contributed by atoms with Gasteiger partial charge in [-0.15, -0.1) is 0 Å². The van der Waals surface area contributed by atoms with Crippen molar-refractivity contribution in [3.8, 4) is 0 Å². The first-order valence-electron chi connectivity index (χ1n) is 4.39. The van der Waals surface area contributed by atoms with Crippen molar-refractivity contribution >= 4 is 23.2 Å². The van der Waals surface area contributed by atoms with Crippen LogP contribution in [0.5, 0.6) is 0 Å². The number of hydrogen-bond acceptors (Lipinski definition) is 2. The van der Waals surface area contributed by atoms with Crippen molar-refractivity contribution < 1.29 is 9.13 Å². The number of ether oxygens (including phenoxy) is 1. The smallest absolute Gasteiger partial charge is 0.261 e. The molecule has 1 aromatic carbocycles. The molecule has 1 aromatic rings. The summed E-state index contributed by atoms with van der Waals surface area (Å²) in [7, 11) is 1.66. The quantitative estimate of drug-likeness (QED) is 0.617. The van der Waals surface area contributed by atoms with E-state index in [2.05, 4.69) is 11.9 Å². The maximum absolute atomic E-state index is 12.8. The van der Waals surface area contributed by atoms with Gasteiger partial charge in [-0.3, -0.25) is 0 Å². The van der Waals surface area contributed by atoms with E-state index in [1.807, 2.05) is 0 Å². The molecule has 0 fully saturated rings. The van der Waals surface area contributed by atoms with Gasteiger partial charge in [0.05, 0.1) is 0 Å². The second-order valence-corrected chi connectivity index (χ2v) is 3.39. The molecule has 0 saturated carbocycles. The third-order valence-corrected chi connectivity index (χ3v) is 2.20. The molecule has 0 spiro atoms. The van der Waals surface area contributed by atoms with Crippen molar-refractivity contribution in [1.82, 2.24) is 5.32 Å². The van der Waals surface area contributed by atoms with E-state index in [9.17, 15) is 4.39 Å². The fraction of sp³-hybridized carbons (Fsp3) is 0.182. The van der Waals surface area contributed by atoms with E-state index in [1.165, 1.54) is 12.1 Å². The van der Waals surface area contributed by atoms with Crippen LogP contribution in [0.3, 0.4) is 0 Å². The number of benzene rings is 1. The molecule has 4 heteroatoms. The van der Waals surface area contributed by atoms with Crippen LogP contribution < -0.4 is 5.32 Å². The van der Waals surface area contributed by atoms with Crippen LogP contribution in [-0.2, 0) is 4.74 Å². The van der Waals surface area contributed by atoms with Crippen LogP contribution >= 0.6 is 12.2 Å². The van der Waals surface area contributed by atoms with E-state index < -0.39 is 0 Å². The van der Waals surface area contributed by atoms with E-state index in [-0.39, 0.29) is 11.0 Å². The first-order valence-corrected chi connectivity index (χ1v) is 4.80. The predicted octanol–water partition coefficient (Wildman–Crippen LogP) is 2.63. The lowest BCUT2D eigenvalue weighted by Gasteiger charge is -2.11. The normalized spacial score (nSPS) is 9.53. The van der Waals surface area contributed by atoms with Crippen molar-refractivity contribution in [2.24, 2.45) is 0 Å². The average Bonchev–Trinajstić information content (AvgIpc) is 2.17. The molecule has 0 aliphatic rings. The first-order chi connectivity index (χ1) is 7.04. The minimum Gasteiger partial charge on any atom is -0.432 e. The molecule has 0 amide bonds. The minimum absolute atomic E-state index is 0.240. The lowest BCUT2D eigenvalue weighted by atomic mass is 10.1. The Morgan fingerprint density at radius 1 is 1.53 bits per heavy atom. The van der Waals surface area contributed by atoms with E-state index in [0.717, 1.165) is 11.1 Å². The van der Waals surface area contributed by atoms with E-state index in [1.54, 1.807) is 20.0 Å². The third-order valence-electron chi connectivity index (χ3n) is 1.91. The Morgan fingerprint density at radius 2 is 2.20 bits per heavy atom. The molecule has 0 saturated heterocycles. The second kappa shape index (κ2) is 4.89. The summed E-state index contributed by atoms with van der Waals surface area (Å²) >= 11 is 4.83. The van der Waals surface area contributed by atoms with Gasteiger partial charge < -0.3 is 10.1 Å². The summed E-state index contributed by atoms with van der Waals surface area (Å²) in [5.74, 6) is 0.132.